The number of halogens is 1. The van der Waals surface area contributed by atoms with E-state index in [9.17, 15) is 14.4 Å². The Morgan fingerprint density at radius 2 is 1.90 bits per heavy atom. The van der Waals surface area contributed by atoms with Crippen molar-refractivity contribution in [1.82, 2.24) is 5.43 Å². The van der Waals surface area contributed by atoms with Gasteiger partial charge in [-0.05, 0) is 44.2 Å². The zero-order valence-electron chi connectivity index (χ0n) is 17.2. The topological polar surface area (TPSA) is 94.2 Å². The van der Waals surface area contributed by atoms with Gasteiger partial charge in [0.1, 0.15) is 5.57 Å². The number of hydrogen-bond donors (Lipinski definition) is 1. The maximum Gasteiger partial charge on any atom is 0.344 e. The molecule has 1 saturated heterocycles. The number of rotatable bonds is 7. The Labute approximate surface area is 187 Å². The van der Waals surface area contributed by atoms with Gasteiger partial charge >= 0.3 is 5.97 Å². The lowest BCUT2D eigenvalue weighted by Gasteiger charge is -2.15. The highest BCUT2D eigenvalue weighted by Gasteiger charge is 2.34. The molecule has 9 heteroatoms. The van der Waals surface area contributed by atoms with Crippen LogP contribution in [0.1, 0.15) is 19.4 Å². The van der Waals surface area contributed by atoms with Crippen LogP contribution in [0.25, 0.3) is 6.08 Å². The van der Waals surface area contributed by atoms with Crippen LogP contribution in [-0.2, 0) is 19.1 Å². The van der Waals surface area contributed by atoms with Gasteiger partial charge in [-0.2, -0.15) is 0 Å². The number of nitrogens with one attached hydrogen (secondary N) is 1. The lowest BCUT2D eigenvalue weighted by atomic mass is 10.1. The molecule has 2 aromatic carbocycles. The molecule has 1 aliphatic heterocycles. The molecule has 2 amide bonds. The minimum Gasteiger partial charge on any atom is -0.493 e. The van der Waals surface area contributed by atoms with Gasteiger partial charge in [-0.1, -0.05) is 34.1 Å². The zero-order valence-corrected chi connectivity index (χ0v) is 18.8. The van der Waals surface area contributed by atoms with Gasteiger partial charge in [-0.25, -0.2) is 9.80 Å². The van der Waals surface area contributed by atoms with Gasteiger partial charge in [0.05, 0.1) is 18.9 Å². The lowest BCUT2D eigenvalue weighted by molar-refractivity contribution is -0.149. The van der Waals surface area contributed by atoms with E-state index in [4.69, 9.17) is 14.2 Å². The first-order chi connectivity index (χ1) is 14.8. The molecule has 0 aliphatic carbocycles. The molecule has 0 spiro atoms. The molecule has 8 nitrogen and oxygen atoms in total. The molecule has 31 heavy (non-hydrogen) atoms. The first-order valence-electron chi connectivity index (χ1n) is 9.42. The van der Waals surface area contributed by atoms with Crippen molar-refractivity contribution in [3.8, 4) is 11.5 Å². The minimum atomic E-state index is -0.557. The van der Waals surface area contributed by atoms with E-state index in [0.717, 1.165) is 0 Å². The number of para-hydroxylation sites is 1. The number of nitrogens with zero attached hydrogens (tertiary/aromatic N) is 1. The molecular formula is C22H21BrN2O6. The van der Waals surface area contributed by atoms with E-state index < -0.39 is 17.8 Å². The summed E-state index contributed by atoms with van der Waals surface area (Å²) >= 11 is 3.38. The largest absolute Gasteiger partial charge is 0.493 e. The van der Waals surface area contributed by atoms with Gasteiger partial charge in [0.2, 0.25) is 0 Å². The summed E-state index contributed by atoms with van der Waals surface area (Å²) in [6.07, 6.45) is 1.12. The number of benzene rings is 2. The summed E-state index contributed by atoms with van der Waals surface area (Å²) in [5, 5.41) is 1.17. The number of hydrazine groups is 1. The van der Waals surface area contributed by atoms with Crippen molar-refractivity contribution in [3.05, 3.63) is 58.1 Å². The Bertz CT molecular complexity index is 1040. The number of carbonyl (C=O) groups excluding carboxylic acids is 3. The second-order valence-electron chi connectivity index (χ2n) is 6.83. The molecule has 0 bridgehead atoms. The Hall–Kier alpha value is -3.33. The van der Waals surface area contributed by atoms with Gasteiger partial charge in [-0.15, -0.1) is 0 Å². The summed E-state index contributed by atoms with van der Waals surface area (Å²) < 4.78 is 16.7. The molecule has 0 saturated carbocycles. The average Bonchev–Trinajstić information content (AvgIpc) is 3.01. The first-order valence-corrected chi connectivity index (χ1v) is 10.2. The van der Waals surface area contributed by atoms with E-state index >= 15 is 0 Å². The molecule has 2 aromatic rings. The fourth-order valence-corrected chi connectivity index (χ4v) is 3.36. The lowest BCUT2D eigenvalue weighted by Crippen LogP contribution is -2.35. The SMILES string of the molecule is COc1cc(Br)cc(/C=C2/C(=O)NN(c3ccccc3)C2=O)c1OCC(=O)OC(C)C. The van der Waals surface area contributed by atoms with Crippen molar-refractivity contribution in [1.29, 1.82) is 0 Å². The van der Waals surface area contributed by atoms with Crippen LogP contribution in [0.5, 0.6) is 11.5 Å². The third-order valence-electron chi connectivity index (χ3n) is 4.18. The highest BCUT2D eigenvalue weighted by atomic mass is 79.9. The van der Waals surface area contributed by atoms with E-state index in [1.54, 1.807) is 50.2 Å². The number of esters is 1. The van der Waals surface area contributed by atoms with Gasteiger partial charge in [0.25, 0.3) is 11.8 Å². The summed E-state index contributed by atoms with van der Waals surface area (Å²) in [5.41, 5.74) is 3.38. The van der Waals surface area contributed by atoms with Crippen LogP contribution >= 0.6 is 15.9 Å². The molecule has 0 atom stereocenters. The van der Waals surface area contributed by atoms with Crippen LogP contribution in [0.2, 0.25) is 0 Å². The molecule has 1 fully saturated rings. The van der Waals surface area contributed by atoms with E-state index in [1.165, 1.54) is 18.2 Å². The maximum atomic E-state index is 12.9. The molecule has 0 aromatic heterocycles. The minimum absolute atomic E-state index is 0.0846. The Morgan fingerprint density at radius 1 is 1.19 bits per heavy atom. The summed E-state index contributed by atoms with van der Waals surface area (Å²) in [6.45, 7) is 3.11. The van der Waals surface area contributed by atoms with E-state index in [0.29, 0.717) is 21.5 Å². The Morgan fingerprint density at radius 3 is 2.55 bits per heavy atom. The summed E-state index contributed by atoms with van der Waals surface area (Å²) in [5.74, 6) is -1.09. The van der Waals surface area contributed by atoms with Gasteiger partial charge < -0.3 is 14.2 Å². The van der Waals surface area contributed by atoms with Gasteiger partial charge in [0, 0.05) is 10.0 Å². The standard InChI is InChI=1S/C22H21BrN2O6/c1-13(2)31-19(26)12-30-20-14(9-15(23)11-18(20)29-3)10-17-21(27)24-25(22(17)28)16-7-5-4-6-8-16/h4-11,13H,12H2,1-3H3,(H,24,27)/b17-10-. The van der Waals surface area contributed by atoms with Gasteiger partial charge in [-0.3, -0.25) is 15.0 Å². The van der Waals surface area contributed by atoms with E-state index in [1.807, 2.05) is 6.07 Å². The molecule has 1 N–H and O–H groups in total. The molecule has 0 radical (unpaired) electrons. The molecule has 1 aliphatic rings. The molecule has 162 valence electrons. The second-order valence-corrected chi connectivity index (χ2v) is 7.74. The summed E-state index contributed by atoms with van der Waals surface area (Å²) in [7, 11) is 1.45. The fourth-order valence-electron chi connectivity index (χ4n) is 2.90. The average molecular weight is 489 g/mol. The first kappa shape index (κ1) is 22.4. The monoisotopic (exact) mass is 488 g/mol. The molecular weight excluding hydrogens is 468 g/mol. The molecule has 0 unspecified atom stereocenters. The van der Waals surface area contributed by atoms with Crippen LogP contribution in [0.15, 0.2) is 52.5 Å². The predicted octanol–water partition coefficient (Wildman–Crippen LogP) is 3.25. The highest BCUT2D eigenvalue weighted by Crippen LogP contribution is 2.37. The second kappa shape index (κ2) is 9.65. The Balaban J connectivity index is 1.95. The normalized spacial score (nSPS) is 14.7. The summed E-state index contributed by atoms with van der Waals surface area (Å²) in [6, 6.07) is 12.1. The van der Waals surface area contributed by atoms with E-state index in [2.05, 4.69) is 21.4 Å². The third-order valence-corrected chi connectivity index (χ3v) is 4.63. The van der Waals surface area contributed by atoms with E-state index in [-0.39, 0.29) is 24.0 Å². The van der Waals surface area contributed by atoms with Crippen molar-refractivity contribution >= 4 is 45.5 Å². The number of anilines is 1. The highest BCUT2D eigenvalue weighted by molar-refractivity contribution is 9.10. The van der Waals surface area contributed by atoms with Crippen LogP contribution in [0.4, 0.5) is 5.69 Å². The van der Waals surface area contributed by atoms with Crippen LogP contribution < -0.4 is 19.9 Å². The fraction of sp³-hybridized carbons (Fsp3) is 0.227. The number of methoxy groups -OCH3 is 1. The van der Waals surface area contributed by atoms with Crippen molar-refractivity contribution in [2.75, 3.05) is 18.7 Å². The molecule has 3 rings (SSSR count). The van der Waals surface area contributed by atoms with Crippen LogP contribution in [0.3, 0.4) is 0 Å². The Kier molecular flexibility index (Phi) is 6.96. The predicted molar refractivity (Wildman–Crippen MR) is 117 cm³/mol. The number of ether oxygens (including phenoxy) is 3. The van der Waals surface area contributed by atoms with Crippen LogP contribution in [-0.4, -0.2) is 37.6 Å². The van der Waals surface area contributed by atoms with Crippen molar-refractivity contribution < 1.29 is 28.6 Å². The van der Waals surface area contributed by atoms with Crippen molar-refractivity contribution in [3.63, 3.8) is 0 Å². The summed E-state index contributed by atoms with van der Waals surface area (Å²) in [4.78, 5) is 37.3. The van der Waals surface area contributed by atoms with Crippen molar-refractivity contribution in [2.45, 2.75) is 20.0 Å². The van der Waals surface area contributed by atoms with Crippen molar-refractivity contribution in [2.24, 2.45) is 0 Å². The smallest absolute Gasteiger partial charge is 0.344 e. The quantitative estimate of drug-likeness (QED) is 0.365. The maximum absolute atomic E-state index is 12.9. The van der Waals surface area contributed by atoms with Gasteiger partial charge in [0.15, 0.2) is 18.1 Å². The van der Waals surface area contributed by atoms with Crippen LogP contribution in [0, 0.1) is 0 Å². The number of carbonyl (C=O) groups is 3. The third kappa shape index (κ3) is 5.24. The number of hydrogen-bond acceptors (Lipinski definition) is 6. The molecule has 1 heterocycles. The zero-order chi connectivity index (χ0) is 22.5. The number of amides is 2.